The standard InChI is InChI=1S/C22H28N6O/c1-27-11-6-16(7-12-27)8-13-28-20(5-10-26-28)22(29)25-15-17-2-3-19-18(14-17)4-9-24-21(19)23/h2-5,9-10,14,16H,6-8,11-13,15H2,1H3,(H2,23,24)(H,25,29). The number of amides is 1. The number of carbonyl (C=O) groups excluding carboxylic acids is 1. The Labute approximate surface area is 170 Å². The molecule has 29 heavy (non-hydrogen) atoms. The molecule has 1 aliphatic heterocycles. The molecule has 1 aromatic carbocycles. The van der Waals surface area contributed by atoms with Crippen LogP contribution >= 0.6 is 0 Å². The number of nitrogen functional groups attached to an aromatic ring is 1. The lowest BCUT2D eigenvalue weighted by atomic mass is 9.94. The normalized spacial score (nSPS) is 15.6. The van der Waals surface area contributed by atoms with Gasteiger partial charge in [-0.25, -0.2) is 4.98 Å². The predicted octanol–water partition coefficient (Wildman–Crippen LogP) is 2.68. The molecule has 152 valence electrons. The second kappa shape index (κ2) is 8.61. The molecule has 1 saturated heterocycles. The first-order chi connectivity index (χ1) is 14.1. The summed E-state index contributed by atoms with van der Waals surface area (Å²) in [6.07, 6.45) is 6.91. The predicted molar refractivity (Wildman–Crippen MR) is 114 cm³/mol. The number of anilines is 1. The van der Waals surface area contributed by atoms with E-state index in [1.165, 1.54) is 12.8 Å². The Balaban J connectivity index is 1.35. The Bertz CT molecular complexity index is 990. The van der Waals surface area contributed by atoms with Gasteiger partial charge >= 0.3 is 0 Å². The number of hydrogen-bond acceptors (Lipinski definition) is 5. The van der Waals surface area contributed by atoms with Gasteiger partial charge in [-0.3, -0.25) is 9.48 Å². The topological polar surface area (TPSA) is 89.1 Å². The Kier molecular flexibility index (Phi) is 5.76. The maximum absolute atomic E-state index is 12.7. The summed E-state index contributed by atoms with van der Waals surface area (Å²) in [6.45, 7) is 3.55. The highest BCUT2D eigenvalue weighted by Gasteiger charge is 2.18. The fourth-order valence-corrected chi connectivity index (χ4v) is 3.99. The van der Waals surface area contributed by atoms with Crippen molar-refractivity contribution in [1.29, 1.82) is 0 Å². The number of nitrogens with two attached hydrogens (primary N) is 1. The van der Waals surface area contributed by atoms with E-state index < -0.39 is 0 Å². The molecule has 0 radical (unpaired) electrons. The van der Waals surface area contributed by atoms with E-state index in [9.17, 15) is 4.79 Å². The van der Waals surface area contributed by atoms with Crippen LogP contribution in [-0.4, -0.2) is 45.7 Å². The summed E-state index contributed by atoms with van der Waals surface area (Å²) in [7, 11) is 2.17. The lowest BCUT2D eigenvalue weighted by Gasteiger charge is -2.28. The molecule has 0 aliphatic carbocycles. The van der Waals surface area contributed by atoms with E-state index in [1.54, 1.807) is 18.5 Å². The highest BCUT2D eigenvalue weighted by Crippen LogP contribution is 2.21. The maximum Gasteiger partial charge on any atom is 0.269 e. The van der Waals surface area contributed by atoms with Crippen LogP contribution in [0.5, 0.6) is 0 Å². The lowest BCUT2D eigenvalue weighted by Crippen LogP contribution is -2.31. The Morgan fingerprint density at radius 1 is 1.21 bits per heavy atom. The zero-order chi connectivity index (χ0) is 20.2. The number of piperidine rings is 1. The minimum atomic E-state index is -0.0970. The molecule has 0 saturated carbocycles. The molecule has 7 nitrogen and oxygen atoms in total. The van der Waals surface area contributed by atoms with E-state index in [1.807, 2.05) is 28.9 Å². The summed E-state index contributed by atoms with van der Waals surface area (Å²) in [4.78, 5) is 19.2. The number of carbonyl (C=O) groups is 1. The number of pyridine rings is 1. The largest absolute Gasteiger partial charge is 0.383 e. The molecule has 1 aliphatic rings. The minimum Gasteiger partial charge on any atom is -0.383 e. The van der Waals surface area contributed by atoms with Gasteiger partial charge in [-0.15, -0.1) is 0 Å². The molecular formula is C22H28N6O. The number of hydrogen-bond donors (Lipinski definition) is 2. The number of nitrogens with one attached hydrogen (secondary N) is 1. The van der Waals surface area contributed by atoms with Crippen molar-refractivity contribution in [3.63, 3.8) is 0 Å². The van der Waals surface area contributed by atoms with Crippen LogP contribution in [0.4, 0.5) is 5.82 Å². The van der Waals surface area contributed by atoms with Gasteiger partial charge in [0.1, 0.15) is 11.5 Å². The fraction of sp³-hybridized carbons (Fsp3) is 0.409. The second-order valence-corrected chi connectivity index (χ2v) is 7.91. The van der Waals surface area contributed by atoms with Crippen molar-refractivity contribution in [1.82, 2.24) is 25.0 Å². The zero-order valence-corrected chi connectivity index (χ0v) is 16.8. The molecule has 0 unspecified atom stereocenters. The van der Waals surface area contributed by atoms with Crippen LogP contribution in [0.15, 0.2) is 42.7 Å². The SMILES string of the molecule is CN1CCC(CCn2nccc2C(=O)NCc2ccc3c(N)nccc3c2)CC1. The maximum atomic E-state index is 12.7. The van der Waals surface area contributed by atoms with Crippen molar-refractivity contribution in [3.05, 3.63) is 54.0 Å². The van der Waals surface area contributed by atoms with Crippen molar-refractivity contribution in [2.45, 2.75) is 32.4 Å². The fourth-order valence-electron chi connectivity index (χ4n) is 3.99. The molecule has 0 spiro atoms. The Morgan fingerprint density at radius 3 is 2.86 bits per heavy atom. The molecule has 3 aromatic rings. The van der Waals surface area contributed by atoms with Gasteiger partial charge in [0.2, 0.25) is 0 Å². The summed E-state index contributed by atoms with van der Waals surface area (Å²) >= 11 is 0. The number of nitrogens with zero attached hydrogens (tertiary/aromatic N) is 4. The van der Waals surface area contributed by atoms with E-state index in [0.29, 0.717) is 24.0 Å². The van der Waals surface area contributed by atoms with Gasteiger partial charge < -0.3 is 16.0 Å². The number of aryl methyl sites for hydroxylation is 1. The van der Waals surface area contributed by atoms with Gasteiger partial charge in [-0.1, -0.05) is 12.1 Å². The van der Waals surface area contributed by atoms with E-state index in [4.69, 9.17) is 5.73 Å². The van der Waals surface area contributed by atoms with Gasteiger partial charge in [0.25, 0.3) is 5.91 Å². The number of fused-ring (bicyclic) bond motifs is 1. The summed E-state index contributed by atoms with van der Waals surface area (Å²) in [5.41, 5.74) is 7.55. The van der Waals surface area contributed by atoms with Gasteiger partial charge in [0, 0.05) is 30.9 Å². The molecule has 0 bridgehead atoms. The number of aromatic nitrogens is 3. The number of likely N-dealkylation sites (tertiary alicyclic amines) is 1. The van der Waals surface area contributed by atoms with Crippen LogP contribution in [0.2, 0.25) is 0 Å². The monoisotopic (exact) mass is 392 g/mol. The highest BCUT2D eigenvalue weighted by molar-refractivity contribution is 5.93. The Hall–Kier alpha value is -2.93. The molecule has 2 aromatic heterocycles. The number of benzene rings is 1. The second-order valence-electron chi connectivity index (χ2n) is 7.91. The molecule has 3 heterocycles. The smallest absolute Gasteiger partial charge is 0.269 e. The van der Waals surface area contributed by atoms with Crippen molar-refractivity contribution in [3.8, 4) is 0 Å². The number of rotatable bonds is 6. The summed E-state index contributed by atoms with van der Waals surface area (Å²) in [5, 5.41) is 9.32. The van der Waals surface area contributed by atoms with Gasteiger partial charge in [0.05, 0.1) is 0 Å². The first-order valence-corrected chi connectivity index (χ1v) is 10.2. The van der Waals surface area contributed by atoms with Crippen LogP contribution in [0, 0.1) is 5.92 Å². The van der Waals surface area contributed by atoms with E-state index in [0.717, 1.165) is 42.4 Å². The van der Waals surface area contributed by atoms with E-state index >= 15 is 0 Å². The first kappa shape index (κ1) is 19.4. The molecule has 3 N–H and O–H groups in total. The molecule has 7 heteroatoms. The highest BCUT2D eigenvalue weighted by atomic mass is 16.2. The van der Waals surface area contributed by atoms with Crippen molar-refractivity contribution in [2.24, 2.45) is 5.92 Å². The van der Waals surface area contributed by atoms with Crippen molar-refractivity contribution < 1.29 is 4.79 Å². The quantitative estimate of drug-likeness (QED) is 0.673. The van der Waals surface area contributed by atoms with Crippen LogP contribution in [0.1, 0.15) is 35.3 Å². The first-order valence-electron chi connectivity index (χ1n) is 10.2. The Morgan fingerprint density at radius 2 is 2.03 bits per heavy atom. The molecular weight excluding hydrogens is 364 g/mol. The third-order valence-corrected chi connectivity index (χ3v) is 5.85. The van der Waals surface area contributed by atoms with Gasteiger partial charge in [-0.2, -0.15) is 5.10 Å². The summed E-state index contributed by atoms with van der Waals surface area (Å²) < 4.78 is 1.83. The van der Waals surface area contributed by atoms with E-state index in [-0.39, 0.29) is 5.91 Å². The zero-order valence-electron chi connectivity index (χ0n) is 16.8. The molecule has 4 rings (SSSR count). The van der Waals surface area contributed by atoms with E-state index in [2.05, 4.69) is 27.3 Å². The molecule has 1 amide bonds. The third-order valence-electron chi connectivity index (χ3n) is 5.85. The molecule has 0 atom stereocenters. The third kappa shape index (κ3) is 4.56. The van der Waals surface area contributed by atoms with Crippen LogP contribution in [0.3, 0.4) is 0 Å². The van der Waals surface area contributed by atoms with Crippen LogP contribution in [-0.2, 0) is 13.1 Å². The van der Waals surface area contributed by atoms with Gasteiger partial charge in [0.15, 0.2) is 0 Å². The van der Waals surface area contributed by atoms with Gasteiger partial charge in [-0.05, 0) is 74.5 Å². The van der Waals surface area contributed by atoms with Crippen molar-refractivity contribution in [2.75, 3.05) is 25.9 Å². The van der Waals surface area contributed by atoms with Crippen LogP contribution in [0.25, 0.3) is 10.8 Å². The van der Waals surface area contributed by atoms with Crippen LogP contribution < -0.4 is 11.1 Å². The lowest BCUT2D eigenvalue weighted by molar-refractivity contribution is 0.0939. The summed E-state index contributed by atoms with van der Waals surface area (Å²) in [5.74, 6) is 1.14. The average Bonchev–Trinajstić information content (AvgIpc) is 3.20. The average molecular weight is 393 g/mol. The minimum absolute atomic E-state index is 0.0970. The molecule has 1 fully saturated rings. The van der Waals surface area contributed by atoms with Crippen molar-refractivity contribution >= 4 is 22.5 Å². The summed E-state index contributed by atoms with van der Waals surface area (Å²) in [6, 6.07) is 9.67.